The minimum atomic E-state index is 0.163. The van der Waals surface area contributed by atoms with Crippen molar-refractivity contribution in [1.29, 1.82) is 0 Å². The first-order valence-electron chi connectivity index (χ1n) is 5.16. The van der Waals surface area contributed by atoms with Gasteiger partial charge in [0, 0.05) is 6.61 Å². The Kier molecular flexibility index (Phi) is 3.57. The summed E-state index contributed by atoms with van der Waals surface area (Å²) in [7, 11) is 0. The van der Waals surface area contributed by atoms with Crippen molar-refractivity contribution >= 4 is 0 Å². The highest BCUT2D eigenvalue weighted by Gasteiger charge is 2.28. The first kappa shape index (κ1) is 10.0. The maximum atomic E-state index is 5.87. The van der Waals surface area contributed by atoms with Gasteiger partial charge in [-0.05, 0) is 12.8 Å². The number of rotatable bonds is 4. The predicted molar refractivity (Wildman–Crippen MR) is 52.0 cm³/mol. The molecule has 0 aliphatic carbocycles. The lowest BCUT2D eigenvalue weighted by molar-refractivity contribution is 0.00903. The van der Waals surface area contributed by atoms with E-state index in [2.05, 4.69) is 20.8 Å². The molecule has 1 aliphatic rings. The Labute approximate surface area is 76.5 Å². The van der Waals surface area contributed by atoms with E-state index in [4.69, 9.17) is 4.74 Å². The van der Waals surface area contributed by atoms with Gasteiger partial charge in [0.05, 0.1) is 0 Å². The lowest BCUT2D eigenvalue weighted by Crippen LogP contribution is -2.32. The van der Waals surface area contributed by atoms with Gasteiger partial charge >= 0.3 is 0 Å². The lowest BCUT2D eigenvalue weighted by Gasteiger charge is -2.44. The first-order valence-corrected chi connectivity index (χ1v) is 5.16. The molecule has 0 spiro atoms. The zero-order valence-corrected chi connectivity index (χ0v) is 8.65. The molecule has 72 valence electrons. The van der Waals surface area contributed by atoms with Crippen LogP contribution in [-0.4, -0.2) is 12.2 Å². The van der Waals surface area contributed by atoms with Gasteiger partial charge in [-0.15, -0.1) is 0 Å². The quantitative estimate of drug-likeness (QED) is 0.586. The summed E-state index contributed by atoms with van der Waals surface area (Å²) in [4.78, 5) is 0. The van der Waals surface area contributed by atoms with Gasteiger partial charge in [0.2, 0.25) is 0 Å². The number of hydrogen-bond acceptors (Lipinski definition) is 1. The molecule has 1 unspecified atom stereocenters. The number of ether oxygens (including phenoxy) is 1. The molecule has 1 heterocycles. The second-order valence-corrected chi connectivity index (χ2v) is 4.05. The Balaban J connectivity index is 2.47. The minimum Gasteiger partial charge on any atom is -0.407 e. The van der Waals surface area contributed by atoms with E-state index in [-0.39, 0.29) is 5.60 Å². The SMILES string of the molecule is CCCCC1([C-](C)C)CCCO1. The van der Waals surface area contributed by atoms with E-state index in [1.54, 1.807) is 0 Å². The molecule has 1 fully saturated rings. The Morgan fingerprint density at radius 2 is 2.17 bits per heavy atom. The van der Waals surface area contributed by atoms with Crippen LogP contribution in [0.25, 0.3) is 0 Å². The van der Waals surface area contributed by atoms with E-state index in [1.807, 2.05) is 0 Å². The fraction of sp³-hybridized carbons (Fsp3) is 0.909. The van der Waals surface area contributed by atoms with E-state index in [9.17, 15) is 0 Å². The second kappa shape index (κ2) is 4.27. The standard InChI is InChI=1S/C11H21O/c1-4-5-7-11(10(2)3)8-6-9-12-11/h4-9H2,1-3H3/q-1. The van der Waals surface area contributed by atoms with Crippen molar-refractivity contribution in [2.45, 2.75) is 58.5 Å². The van der Waals surface area contributed by atoms with E-state index in [1.165, 1.54) is 38.0 Å². The van der Waals surface area contributed by atoms with Crippen molar-refractivity contribution in [1.82, 2.24) is 0 Å². The third kappa shape index (κ3) is 2.01. The topological polar surface area (TPSA) is 9.23 Å². The van der Waals surface area contributed by atoms with Gasteiger partial charge in [-0.2, -0.15) is 13.8 Å². The van der Waals surface area contributed by atoms with Crippen molar-refractivity contribution in [2.75, 3.05) is 6.61 Å². The second-order valence-electron chi connectivity index (χ2n) is 4.05. The molecule has 12 heavy (non-hydrogen) atoms. The van der Waals surface area contributed by atoms with Crippen LogP contribution in [0.3, 0.4) is 0 Å². The van der Waals surface area contributed by atoms with Crippen LogP contribution in [0.15, 0.2) is 0 Å². The van der Waals surface area contributed by atoms with Gasteiger partial charge in [0.1, 0.15) is 0 Å². The Hall–Kier alpha value is -0.0400. The third-order valence-electron chi connectivity index (χ3n) is 2.95. The molecule has 0 aromatic rings. The average Bonchev–Trinajstić information content (AvgIpc) is 2.50. The van der Waals surface area contributed by atoms with Crippen molar-refractivity contribution in [3.8, 4) is 0 Å². The highest BCUT2D eigenvalue weighted by molar-refractivity contribution is 5.05. The third-order valence-corrected chi connectivity index (χ3v) is 2.95. The first-order chi connectivity index (χ1) is 5.71. The van der Waals surface area contributed by atoms with Crippen LogP contribution in [0.2, 0.25) is 0 Å². The van der Waals surface area contributed by atoms with Crippen molar-refractivity contribution in [2.24, 2.45) is 0 Å². The lowest BCUT2D eigenvalue weighted by atomic mass is 9.83. The molecule has 1 heteroatoms. The highest BCUT2D eigenvalue weighted by atomic mass is 16.5. The number of unbranched alkanes of at least 4 members (excludes halogenated alkanes) is 1. The average molecular weight is 169 g/mol. The van der Waals surface area contributed by atoms with Gasteiger partial charge in [0.15, 0.2) is 0 Å². The van der Waals surface area contributed by atoms with Crippen LogP contribution in [0.5, 0.6) is 0 Å². The van der Waals surface area contributed by atoms with Crippen LogP contribution < -0.4 is 0 Å². The fourth-order valence-electron chi connectivity index (χ4n) is 2.00. The monoisotopic (exact) mass is 169 g/mol. The Morgan fingerprint density at radius 1 is 1.42 bits per heavy atom. The van der Waals surface area contributed by atoms with Crippen LogP contribution in [0.1, 0.15) is 52.9 Å². The largest absolute Gasteiger partial charge is 0.407 e. The van der Waals surface area contributed by atoms with Crippen molar-refractivity contribution in [3.05, 3.63) is 5.92 Å². The van der Waals surface area contributed by atoms with Crippen LogP contribution in [-0.2, 0) is 4.74 Å². The summed E-state index contributed by atoms with van der Waals surface area (Å²) in [5.74, 6) is 1.47. The zero-order valence-electron chi connectivity index (χ0n) is 8.65. The summed E-state index contributed by atoms with van der Waals surface area (Å²) < 4.78 is 5.87. The predicted octanol–water partition coefficient (Wildman–Crippen LogP) is 3.34. The Bertz CT molecular complexity index is 123. The van der Waals surface area contributed by atoms with Gasteiger partial charge in [-0.25, -0.2) is 0 Å². The number of hydrogen-bond donors (Lipinski definition) is 0. The van der Waals surface area contributed by atoms with Crippen LogP contribution >= 0.6 is 0 Å². The molecular formula is C11H21O-. The molecule has 0 radical (unpaired) electrons. The molecular weight excluding hydrogens is 148 g/mol. The summed E-state index contributed by atoms with van der Waals surface area (Å²) in [5.41, 5.74) is 0.163. The van der Waals surface area contributed by atoms with Gasteiger partial charge in [-0.3, -0.25) is 5.92 Å². The molecule has 0 N–H and O–H groups in total. The summed E-state index contributed by atoms with van der Waals surface area (Å²) in [6.45, 7) is 7.63. The normalized spacial score (nSPS) is 30.0. The molecule has 1 rings (SSSR count). The molecule has 0 bridgehead atoms. The van der Waals surface area contributed by atoms with E-state index in [0.29, 0.717) is 0 Å². The molecule has 1 saturated heterocycles. The summed E-state index contributed by atoms with van der Waals surface area (Å²) >= 11 is 0. The van der Waals surface area contributed by atoms with E-state index < -0.39 is 0 Å². The molecule has 0 amide bonds. The molecule has 1 nitrogen and oxygen atoms in total. The zero-order chi connectivity index (χ0) is 9.03. The maximum Gasteiger partial charge on any atom is 0.0437 e. The van der Waals surface area contributed by atoms with Gasteiger partial charge < -0.3 is 4.74 Å². The molecule has 1 atom stereocenters. The van der Waals surface area contributed by atoms with Crippen LogP contribution in [0.4, 0.5) is 0 Å². The van der Waals surface area contributed by atoms with Gasteiger partial charge in [-0.1, -0.05) is 31.8 Å². The van der Waals surface area contributed by atoms with Crippen LogP contribution in [0, 0.1) is 5.92 Å². The van der Waals surface area contributed by atoms with Crippen molar-refractivity contribution in [3.63, 3.8) is 0 Å². The fourth-order valence-corrected chi connectivity index (χ4v) is 2.00. The minimum absolute atomic E-state index is 0.163. The smallest absolute Gasteiger partial charge is 0.0437 e. The molecule has 0 saturated carbocycles. The summed E-state index contributed by atoms with van der Waals surface area (Å²) in [6, 6.07) is 0. The van der Waals surface area contributed by atoms with E-state index >= 15 is 0 Å². The molecule has 0 aromatic carbocycles. The van der Waals surface area contributed by atoms with E-state index in [0.717, 1.165) is 6.61 Å². The maximum absolute atomic E-state index is 5.87. The molecule has 1 aliphatic heterocycles. The highest BCUT2D eigenvalue weighted by Crippen LogP contribution is 2.38. The van der Waals surface area contributed by atoms with Gasteiger partial charge in [0.25, 0.3) is 0 Å². The Morgan fingerprint density at radius 3 is 2.58 bits per heavy atom. The molecule has 0 aromatic heterocycles. The summed E-state index contributed by atoms with van der Waals surface area (Å²) in [5, 5.41) is 0. The van der Waals surface area contributed by atoms with Crippen molar-refractivity contribution < 1.29 is 4.74 Å². The summed E-state index contributed by atoms with van der Waals surface area (Å²) in [6.07, 6.45) is 6.29.